The van der Waals surface area contributed by atoms with Crippen LogP contribution in [0.15, 0.2) is 89.3 Å². The molecule has 44 heavy (non-hydrogen) atoms. The van der Waals surface area contributed by atoms with Gasteiger partial charge in [0.15, 0.2) is 28.8 Å². The highest BCUT2D eigenvalue weighted by atomic mass is 16.6. The fourth-order valence-electron chi connectivity index (χ4n) is 5.89. The third-order valence-electron chi connectivity index (χ3n) is 7.91. The summed E-state index contributed by atoms with van der Waals surface area (Å²) in [5.41, 5.74) is 4.60. The second kappa shape index (κ2) is 13.1. The van der Waals surface area contributed by atoms with E-state index in [1.165, 1.54) is 14.0 Å². The molecule has 2 aliphatic rings. The van der Waals surface area contributed by atoms with E-state index in [0.717, 1.165) is 16.8 Å². The highest BCUT2D eigenvalue weighted by Gasteiger charge is 2.42. The Morgan fingerprint density at radius 2 is 1.45 bits per heavy atom. The lowest BCUT2D eigenvalue weighted by atomic mass is 9.71. The fraction of sp³-hybridized carbons (Fsp3) is 0.286. The number of ketones is 1. The summed E-state index contributed by atoms with van der Waals surface area (Å²) < 4.78 is 27.5. The summed E-state index contributed by atoms with van der Waals surface area (Å²) in [6.45, 7) is 3.20. The highest BCUT2D eigenvalue weighted by Crippen LogP contribution is 2.47. The van der Waals surface area contributed by atoms with E-state index in [-0.39, 0.29) is 30.5 Å². The van der Waals surface area contributed by atoms with E-state index in [4.69, 9.17) is 23.7 Å². The molecule has 0 unspecified atom stereocenters. The van der Waals surface area contributed by atoms with Crippen LogP contribution >= 0.6 is 0 Å². The predicted molar refractivity (Wildman–Crippen MR) is 163 cm³/mol. The maximum atomic E-state index is 14.1. The van der Waals surface area contributed by atoms with Gasteiger partial charge in [0, 0.05) is 36.2 Å². The van der Waals surface area contributed by atoms with Gasteiger partial charge in [0.1, 0.15) is 6.61 Å². The predicted octanol–water partition coefficient (Wildman–Crippen LogP) is 5.74. The Balaban J connectivity index is 1.55. The van der Waals surface area contributed by atoms with Gasteiger partial charge in [-0.05, 0) is 60.2 Å². The lowest BCUT2D eigenvalue weighted by molar-refractivity contribution is -0.140. The molecule has 1 aliphatic carbocycles. The highest BCUT2D eigenvalue weighted by molar-refractivity contribution is 6.04. The number of methoxy groups -OCH3 is 3. The number of rotatable bonds is 9. The molecule has 0 bridgehead atoms. The average Bonchev–Trinajstić information content (AvgIpc) is 3.02. The molecule has 0 amide bonds. The lowest BCUT2D eigenvalue weighted by Gasteiger charge is -2.37. The van der Waals surface area contributed by atoms with Crippen LogP contribution in [0.3, 0.4) is 0 Å². The number of dihydropyridines is 1. The van der Waals surface area contributed by atoms with Gasteiger partial charge in [-0.3, -0.25) is 9.59 Å². The molecular formula is C35H35NO8. The SMILES string of the molecule is COc1ccc([C@@H]2CC(=O)C3=C(C2)NC(C)=C(C(=O)OCc2ccccc2)[C@H]3c2ccc(OC(C)=O)c(OC)c2)cc1OC. The second-order valence-corrected chi connectivity index (χ2v) is 10.7. The first-order valence-corrected chi connectivity index (χ1v) is 14.3. The van der Waals surface area contributed by atoms with E-state index in [2.05, 4.69) is 5.32 Å². The minimum absolute atomic E-state index is 0.0825. The van der Waals surface area contributed by atoms with Crippen molar-refractivity contribution in [3.05, 3.63) is 106 Å². The molecule has 9 nitrogen and oxygen atoms in total. The van der Waals surface area contributed by atoms with Crippen molar-refractivity contribution in [1.29, 1.82) is 0 Å². The van der Waals surface area contributed by atoms with E-state index in [1.807, 2.05) is 55.5 Å². The summed E-state index contributed by atoms with van der Waals surface area (Å²) in [4.78, 5) is 39.5. The fourth-order valence-corrected chi connectivity index (χ4v) is 5.89. The standard InChI is InChI=1S/C35H35NO8/c1-20-32(35(39)43-19-22-9-7-6-8-10-22)33(24-12-14-29(44-21(2)37)31(18-24)42-5)34-26(36-20)15-25(16-27(34)38)23-11-13-28(40-3)30(17-23)41-4/h6-14,17-18,25,33,36H,15-16,19H2,1-5H3/t25-,33+/m0/s1. The largest absolute Gasteiger partial charge is 0.493 e. The number of allylic oxidation sites excluding steroid dienone is 3. The number of carbonyl (C=O) groups is 3. The van der Waals surface area contributed by atoms with Crippen molar-refractivity contribution in [2.75, 3.05) is 21.3 Å². The molecule has 0 radical (unpaired) electrons. The van der Waals surface area contributed by atoms with Crippen molar-refractivity contribution in [2.45, 2.75) is 45.1 Å². The Kier molecular flexibility index (Phi) is 9.04. The molecule has 9 heteroatoms. The van der Waals surface area contributed by atoms with Crippen molar-refractivity contribution >= 4 is 17.7 Å². The first-order valence-electron chi connectivity index (χ1n) is 14.3. The maximum absolute atomic E-state index is 14.1. The summed E-state index contributed by atoms with van der Waals surface area (Å²) in [6, 6.07) is 20.1. The van der Waals surface area contributed by atoms with Gasteiger partial charge in [-0.15, -0.1) is 0 Å². The van der Waals surface area contributed by atoms with Crippen LogP contribution in [0.1, 0.15) is 55.2 Å². The number of hydrogen-bond donors (Lipinski definition) is 1. The molecule has 0 aromatic heterocycles. The number of ether oxygens (including phenoxy) is 5. The van der Waals surface area contributed by atoms with Crippen LogP contribution in [0.5, 0.6) is 23.0 Å². The van der Waals surface area contributed by atoms with Gasteiger partial charge in [0.05, 0.1) is 26.9 Å². The van der Waals surface area contributed by atoms with Gasteiger partial charge in [-0.1, -0.05) is 42.5 Å². The molecule has 1 heterocycles. The van der Waals surface area contributed by atoms with Crippen molar-refractivity contribution in [1.82, 2.24) is 5.32 Å². The Hall–Kier alpha value is -5.05. The van der Waals surface area contributed by atoms with Crippen molar-refractivity contribution in [3.8, 4) is 23.0 Å². The molecule has 0 saturated heterocycles. The van der Waals surface area contributed by atoms with E-state index in [1.54, 1.807) is 32.4 Å². The van der Waals surface area contributed by atoms with Crippen LogP contribution in [0.25, 0.3) is 0 Å². The Bertz CT molecular complexity index is 1660. The van der Waals surface area contributed by atoms with E-state index in [0.29, 0.717) is 46.1 Å². The van der Waals surface area contributed by atoms with Crippen LogP contribution in [-0.4, -0.2) is 39.1 Å². The molecule has 0 saturated carbocycles. The van der Waals surface area contributed by atoms with Crippen LogP contribution in [-0.2, 0) is 25.7 Å². The van der Waals surface area contributed by atoms with Gasteiger partial charge in [-0.25, -0.2) is 4.79 Å². The van der Waals surface area contributed by atoms with Crippen LogP contribution < -0.4 is 24.3 Å². The normalized spacial score (nSPS) is 17.8. The third-order valence-corrected chi connectivity index (χ3v) is 7.91. The van der Waals surface area contributed by atoms with Crippen molar-refractivity contribution in [3.63, 3.8) is 0 Å². The van der Waals surface area contributed by atoms with Crippen LogP contribution in [0.4, 0.5) is 0 Å². The van der Waals surface area contributed by atoms with Gasteiger partial charge < -0.3 is 29.0 Å². The summed E-state index contributed by atoms with van der Waals surface area (Å²) in [6.07, 6.45) is 0.778. The number of hydrogen-bond acceptors (Lipinski definition) is 9. The van der Waals surface area contributed by atoms with Gasteiger partial charge in [0.2, 0.25) is 0 Å². The molecule has 5 rings (SSSR count). The van der Waals surface area contributed by atoms with E-state index >= 15 is 0 Å². The minimum atomic E-state index is -0.728. The first kappa shape index (κ1) is 30.4. The minimum Gasteiger partial charge on any atom is -0.493 e. The first-order chi connectivity index (χ1) is 21.2. The third kappa shape index (κ3) is 6.17. The molecule has 2 atom stereocenters. The number of esters is 2. The molecular weight excluding hydrogens is 562 g/mol. The molecule has 1 N–H and O–H groups in total. The molecule has 3 aromatic rings. The molecule has 228 valence electrons. The smallest absolute Gasteiger partial charge is 0.337 e. The molecule has 1 aliphatic heterocycles. The van der Waals surface area contributed by atoms with Gasteiger partial charge in [-0.2, -0.15) is 0 Å². The zero-order valence-electron chi connectivity index (χ0n) is 25.4. The Labute approximate surface area is 256 Å². The number of carbonyl (C=O) groups excluding carboxylic acids is 3. The summed E-state index contributed by atoms with van der Waals surface area (Å²) in [7, 11) is 4.63. The summed E-state index contributed by atoms with van der Waals surface area (Å²) >= 11 is 0. The van der Waals surface area contributed by atoms with Crippen molar-refractivity contribution in [2.24, 2.45) is 0 Å². The zero-order chi connectivity index (χ0) is 31.4. The quantitative estimate of drug-likeness (QED) is 0.244. The summed E-state index contributed by atoms with van der Waals surface area (Å²) in [5.74, 6) is -0.219. The maximum Gasteiger partial charge on any atom is 0.337 e. The number of benzene rings is 3. The Morgan fingerprint density at radius 1 is 0.818 bits per heavy atom. The monoisotopic (exact) mass is 597 g/mol. The summed E-state index contributed by atoms with van der Waals surface area (Å²) in [5, 5.41) is 3.38. The Morgan fingerprint density at radius 3 is 2.14 bits per heavy atom. The average molecular weight is 598 g/mol. The van der Waals surface area contributed by atoms with Crippen LogP contribution in [0, 0.1) is 0 Å². The molecule has 0 fully saturated rings. The molecule has 3 aromatic carbocycles. The van der Waals surface area contributed by atoms with Crippen LogP contribution in [0.2, 0.25) is 0 Å². The van der Waals surface area contributed by atoms with Crippen molar-refractivity contribution < 1.29 is 38.1 Å². The number of nitrogens with one attached hydrogen (secondary N) is 1. The van der Waals surface area contributed by atoms with E-state index < -0.39 is 17.9 Å². The lowest BCUT2D eigenvalue weighted by Crippen LogP contribution is -2.36. The topological polar surface area (TPSA) is 109 Å². The van der Waals surface area contributed by atoms with E-state index in [9.17, 15) is 14.4 Å². The zero-order valence-corrected chi connectivity index (χ0v) is 25.4. The van der Waals surface area contributed by atoms with Gasteiger partial charge >= 0.3 is 11.9 Å². The second-order valence-electron chi connectivity index (χ2n) is 10.7. The molecule has 0 spiro atoms. The van der Waals surface area contributed by atoms with Gasteiger partial charge in [0.25, 0.3) is 0 Å². The number of Topliss-reactive ketones (excluding diaryl/α,β-unsaturated/α-hetero) is 1.